The summed E-state index contributed by atoms with van der Waals surface area (Å²) >= 11 is 0. The standard InChI is InChI=1S/C42H77N3O3/c1-3-5-7-9-11-13-15-17-19-21-23-25-34-47-38-41(48-35-26-24-22-20-18-16-14-12-10-8-6-4-2)37-44-42(46)39-28-27-29-40(36-39)45-32-30-43-31-33-45/h27-29,36,41,43H,3-26,30-35,37-38H2,1-2H3,(H,44,46). The van der Waals surface area contributed by atoms with Crippen LogP contribution in [0.3, 0.4) is 0 Å². The maximum Gasteiger partial charge on any atom is 0.251 e. The first-order valence-corrected chi connectivity index (χ1v) is 20.8. The van der Waals surface area contributed by atoms with Gasteiger partial charge in [0.2, 0.25) is 0 Å². The van der Waals surface area contributed by atoms with E-state index in [1.165, 1.54) is 141 Å². The molecule has 1 unspecified atom stereocenters. The molecule has 6 heteroatoms. The fraction of sp³-hybridized carbons (Fsp3) is 0.833. The van der Waals surface area contributed by atoms with Crippen LogP contribution in [0.25, 0.3) is 0 Å². The number of carbonyl (C=O) groups excluding carboxylic acids is 1. The molecule has 1 aliphatic heterocycles. The van der Waals surface area contributed by atoms with E-state index in [1.54, 1.807) is 0 Å². The summed E-state index contributed by atoms with van der Waals surface area (Å²) in [5.41, 5.74) is 1.83. The van der Waals surface area contributed by atoms with Gasteiger partial charge < -0.3 is 25.0 Å². The second-order valence-corrected chi connectivity index (χ2v) is 14.3. The lowest BCUT2D eigenvalue weighted by atomic mass is 10.1. The van der Waals surface area contributed by atoms with Crippen molar-refractivity contribution in [1.29, 1.82) is 0 Å². The Hall–Kier alpha value is -1.63. The predicted molar refractivity (Wildman–Crippen MR) is 207 cm³/mol. The minimum atomic E-state index is -0.115. The fourth-order valence-electron chi connectivity index (χ4n) is 6.69. The van der Waals surface area contributed by atoms with Crippen LogP contribution in [0.5, 0.6) is 0 Å². The Kier molecular flexibility index (Phi) is 27.8. The molecule has 6 nitrogen and oxygen atoms in total. The van der Waals surface area contributed by atoms with Crippen LogP contribution in [0.4, 0.5) is 5.69 Å². The predicted octanol–water partition coefficient (Wildman–Crippen LogP) is 10.6. The van der Waals surface area contributed by atoms with Gasteiger partial charge in [-0.3, -0.25) is 4.79 Å². The number of rotatable bonds is 33. The quantitative estimate of drug-likeness (QED) is 0.0728. The van der Waals surface area contributed by atoms with E-state index in [0.717, 1.165) is 57.9 Å². The lowest BCUT2D eigenvalue weighted by molar-refractivity contribution is -0.0170. The van der Waals surface area contributed by atoms with Crippen molar-refractivity contribution in [1.82, 2.24) is 10.6 Å². The summed E-state index contributed by atoms with van der Waals surface area (Å²) in [7, 11) is 0. The van der Waals surface area contributed by atoms with Crippen LogP contribution in [-0.4, -0.2) is 64.6 Å². The first-order valence-electron chi connectivity index (χ1n) is 20.8. The summed E-state index contributed by atoms with van der Waals surface area (Å²) in [4.78, 5) is 15.5. The second kappa shape index (κ2) is 31.4. The lowest BCUT2D eigenvalue weighted by Gasteiger charge is -2.29. The van der Waals surface area contributed by atoms with Gasteiger partial charge in [0.25, 0.3) is 5.91 Å². The van der Waals surface area contributed by atoms with Crippen molar-refractivity contribution >= 4 is 11.6 Å². The van der Waals surface area contributed by atoms with Crippen LogP contribution in [0.2, 0.25) is 0 Å². The highest BCUT2D eigenvalue weighted by Gasteiger charge is 2.15. The molecule has 0 aromatic heterocycles. The van der Waals surface area contributed by atoms with Gasteiger partial charge in [0.15, 0.2) is 0 Å². The number of hydrogen-bond donors (Lipinski definition) is 2. The fourth-order valence-corrected chi connectivity index (χ4v) is 6.69. The molecule has 0 saturated carbocycles. The largest absolute Gasteiger partial charge is 0.379 e. The minimum Gasteiger partial charge on any atom is -0.379 e. The molecule has 0 bridgehead atoms. The number of anilines is 1. The van der Waals surface area contributed by atoms with Gasteiger partial charge in [-0.15, -0.1) is 0 Å². The number of nitrogens with one attached hydrogen (secondary N) is 2. The zero-order chi connectivity index (χ0) is 34.2. The van der Waals surface area contributed by atoms with E-state index >= 15 is 0 Å². The summed E-state index contributed by atoms with van der Waals surface area (Å²) in [6.45, 7) is 11.0. The zero-order valence-electron chi connectivity index (χ0n) is 31.7. The second-order valence-electron chi connectivity index (χ2n) is 14.3. The first kappa shape index (κ1) is 42.5. The third-order valence-corrected chi connectivity index (χ3v) is 9.88. The Balaban J connectivity index is 1.63. The van der Waals surface area contributed by atoms with Crippen molar-refractivity contribution in [3.05, 3.63) is 29.8 Å². The van der Waals surface area contributed by atoms with E-state index < -0.39 is 0 Å². The maximum atomic E-state index is 13.1. The lowest BCUT2D eigenvalue weighted by Crippen LogP contribution is -2.43. The molecule has 0 aliphatic carbocycles. The van der Waals surface area contributed by atoms with E-state index in [2.05, 4.69) is 35.4 Å². The molecule has 1 atom stereocenters. The third kappa shape index (κ3) is 22.9. The van der Waals surface area contributed by atoms with E-state index in [0.29, 0.717) is 18.7 Å². The summed E-state index contributed by atoms with van der Waals surface area (Å²) in [6.07, 6.45) is 32.1. The Morgan fingerprint density at radius 3 is 1.69 bits per heavy atom. The molecule has 1 aromatic carbocycles. The molecule has 1 amide bonds. The highest BCUT2D eigenvalue weighted by molar-refractivity contribution is 5.95. The van der Waals surface area contributed by atoms with Crippen molar-refractivity contribution in [2.75, 3.05) is 57.4 Å². The topological polar surface area (TPSA) is 62.8 Å². The smallest absolute Gasteiger partial charge is 0.251 e. The number of unbranched alkanes of at least 4 members (excludes halogenated alkanes) is 22. The molecule has 278 valence electrons. The SMILES string of the molecule is CCCCCCCCCCCCCCOCC(CNC(=O)c1cccc(N2CCNCC2)c1)OCCCCCCCCCCCCCC. The van der Waals surface area contributed by atoms with Crippen molar-refractivity contribution in [2.45, 2.75) is 174 Å². The molecule has 0 radical (unpaired) electrons. The number of carbonyl (C=O) groups is 1. The number of piperazine rings is 1. The first-order chi connectivity index (χ1) is 23.7. The molecular weight excluding hydrogens is 594 g/mol. The molecular formula is C42H77N3O3. The van der Waals surface area contributed by atoms with Crippen LogP contribution in [0.1, 0.15) is 178 Å². The van der Waals surface area contributed by atoms with Crippen LogP contribution in [-0.2, 0) is 9.47 Å². The third-order valence-electron chi connectivity index (χ3n) is 9.88. The van der Waals surface area contributed by atoms with E-state index in [9.17, 15) is 4.79 Å². The Labute approximate surface area is 297 Å². The summed E-state index contributed by atoms with van der Waals surface area (Å²) < 4.78 is 12.4. The molecule has 1 fully saturated rings. The summed E-state index contributed by atoms with van der Waals surface area (Å²) in [5.74, 6) is -0.0353. The summed E-state index contributed by atoms with van der Waals surface area (Å²) in [5, 5.41) is 6.55. The van der Waals surface area contributed by atoms with Gasteiger partial charge in [-0.25, -0.2) is 0 Å². The van der Waals surface area contributed by atoms with Crippen molar-refractivity contribution < 1.29 is 14.3 Å². The molecule has 2 N–H and O–H groups in total. The van der Waals surface area contributed by atoms with Crippen molar-refractivity contribution in [2.24, 2.45) is 0 Å². The summed E-state index contributed by atoms with van der Waals surface area (Å²) in [6, 6.07) is 8.03. The number of benzene rings is 1. The van der Waals surface area contributed by atoms with Crippen LogP contribution in [0, 0.1) is 0 Å². The normalized spacial score (nSPS) is 14.0. The number of ether oxygens (including phenoxy) is 2. The average molecular weight is 672 g/mol. The van der Waals surface area contributed by atoms with Gasteiger partial charge in [-0.1, -0.05) is 161 Å². The molecule has 48 heavy (non-hydrogen) atoms. The number of hydrogen-bond acceptors (Lipinski definition) is 5. The van der Waals surface area contributed by atoms with Gasteiger partial charge in [-0.05, 0) is 31.0 Å². The number of nitrogens with zero attached hydrogens (tertiary/aromatic N) is 1. The Morgan fingerprint density at radius 1 is 0.688 bits per heavy atom. The molecule has 1 aromatic rings. The Morgan fingerprint density at radius 2 is 1.17 bits per heavy atom. The van der Waals surface area contributed by atoms with Crippen molar-refractivity contribution in [3.63, 3.8) is 0 Å². The molecule has 1 aliphatic rings. The van der Waals surface area contributed by atoms with Gasteiger partial charge in [0.1, 0.15) is 0 Å². The average Bonchev–Trinajstić information content (AvgIpc) is 3.12. The highest BCUT2D eigenvalue weighted by atomic mass is 16.5. The van der Waals surface area contributed by atoms with Gasteiger partial charge >= 0.3 is 0 Å². The van der Waals surface area contributed by atoms with Crippen LogP contribution < -0.4 is 15.5 Å². The van der Waals surface area contributed by atoms with Crippen LogP contribution in [0.15, 0.2) is 24.3 Å². The number of amides is 1. The molecule has 2 rings (SSSR count). The highest BCUT2D eigenvalue weighted by Crippen LogP contribution is 2.17. The van der Waals surface area contributed by atoms with Gasteiger partial charge in [-0.2, -0.15) is 0 Å². The molecule has 1 heterocycles. The van der Waals surface area contributed by atoms with Gasteiger partial charge in [0.05, 0.1) is 12.7 Å². The minimum absolute atomic E-state index is 0.0353. The molecule has 0 spiro atoms. The van der Waals surface area contributed by atoms with E-state index in [4.69, 9.17) is 9.47 Å². The molecule has 1 saturated heterocycles. The van der Waals surface area contributed by atoms with E-state index in [-0.39, 0.29) is 12.0 Å². The van der Waals surface area contributed by atoms with Gasteiger partial charge in [0, 0.05) is 57.2 Å². The van der Waals surface area contributed by atoms with Crippen LogP contribution >= 0.6 is 0 Å². The van der Waals surface area contributed by atoms with E-state index in [1.807, 2.05) is 18.2 Å². The zero-order valence-corrected chi connectivity index (χ0v) is 31.7. The maximum absolute atomic E-state index is 13.1. The van der Waals surface area contributed by atoms with Crippen molar-refractivity contribution in [3.8, 4) is 0 Å². The Bertz CT molecular complexity index is 860. The monoisotopic (exact) mass is 672 g/mol.